The van der Waals surface area contributed by atoms with Crippen LogP contribution in [0.1, 0.15) is 28.4 Å². The van der Waals surface area contributed by atoms with Crippen LogP contribution in [0.4, 0.5) is 0 Å². The van der Waals surface area contributed by atoms with Gasteiger partial charge in [0.25, 0.3) is 0 Å². The summed E-state index contributed by atoms with van der Waals surface area (Å²) in [7, 11) is 1.79. The minimum atomic E-state index is -0.00883. The lowest BCUT2D eigenvalue weighted by atomic mass is 9.93. The quantitative estimate of drug-likeness (QED) is 0.515. The highest BCUT2D eigenvalue weighted by molar-refractivity contribution is 5.78. The monoisotopic (exact) mass is 286 g/mol. The standard InChI is InChI=1S/C21H18O/c1-22-21(15-8-3-2-4-9-15)19-13-7-12-18-17-11-6-5-10-16(17)14-20(18)19/h2-13,21H,14H2,1H3. The van der Waals surface area contributed by atoms with Crippen LogP contribution < -0.4 is 0 Å². The fourth-order valence-electron chi connectivity index (χ4n) is 3.50. The fraction of sp³-hybridized carbons (Fsp3) is 0.143. The van der Waals surface area contributed by atoms with Crippen molar-refractivity contribution in [1.82, 2.24) is 0 Å². The van der Waals surface area contributed by atoms with Crippen LogP contribution in [-0.4, -0.2) is 7.11 Å². The SMILES string of the molecule is COC(c1ccccc1)c1cccc2c1Cc1ccccc1-2. The Kier molecular flexibility index (Phi) is 3.28. The molecule has 0 saturated carbocycles. The zero-order valence-electron chi connectivity index (χ0n) is 12.6. The van der Waals surface area contributed by atoms with Gasteiger partial charge >= 0.3 is 0 Å². The molecule has 0 heterocycles. The van der Waals surface area contributed by atoms with E-state index in [1.54, 1.807) is 7.11 Å². The molecule has 108 valence electrons. The first-order chi connectivity index (χ1) is 10.9. The maximum atomic E-state index is 5.85. The predicted octanol–water partition coefficient (Wildman–Crippen LogP) is 4.99. The van der Waals surface area contributed by atoms with E-state index in [2.05, 4.69) is 66.7 Å². The van der Waals surface area contributed by atoms with E-state index in [0.717, 1.165) is 6.42 Å². The van der Waals surface area contributed by atoms with Crippen molar-refractivity contribution in [3.05, 3.63) is 95.1 Å². The summed E-state index contributed by atoms with van der Waals surface area (Å²) in [5.74, 6) is 0. The molecule has 1 nitrogen and oxygen atoms in total. The van der Waals surface area contributed by atoms with E-state index in [0.29, 0.717) is 0 Å². The van der Waals surface area contributed by atoms with E-state index in [9.17, 15) is 0 Å². The van der Waals surface area contributed by atoms with Crippen molar-refractivity contribution in [3.63, 3.8) is 0 Å². The van der Waals surface area contributed by atoms with Crippen molar-refractivity contribution in [3.8, 4) is 11.1 Å². The highest BCUT2D eigenvalue weighted by Gasteiger charge is 2.24. The van der Waals surface area contributed by atoms with Crippen LogP contribution in [0.2, 0.25) is 0 Å². The number of fused-ring (bicyclic) bond motifs is 3. The number of ether oxygens (including phenoxy) is 1. The molecule has 0 saturated heterocycles. The summed E-state index contributed by atoms with van der Waals surface area (Å²) in [4.78, 5) is 0. The van der Waals surface area contributed by atoms with Crippen LogP contribution in [0.15, 0.2) is 72.8 Å². The molecule has 0 aromatic heterocycles. The van der Waals surface area contributed by atoms with E-state index in [1.807, 2.05) is 6.07 Å². The molecule has 1 heteroatoms. The van der Waals surface area contributed by atoms with E-state index < -0.39 is 0 Å². The van der Waals surface area contributed by atoms with Crippen LogP contribution in [-0.2, 0) is 11.2 Å². The predicted molar refractivity (Wildman–Crippen MR) is 90.0 cm³/mol. The van der Waals surface area contributed by atoms with Crippen molar-refractivity contribution >= 4 is 0 Å². The lowest BCUT2D eigenvalue weighted by Crippen LogP contribution is -2.06. The first-order valence-corrected chi connectivity index (χ1v) is 7.66. The zero-order valence-corrected chi connectivity index (χ0v) is 12.6. The third-order valence-electron chi connectivity index (χ3n) is 4.51. The Hall–Kier alpha value is -2.38. The van der Waals surface area contributed by atoms with E-state index in [4.69, 9.17) is 4.74 Å². The molecule has 4 rings (SSSR count). The Balaban J connectivity index is 1.85. The maximum Gasteiger partial charge on any atom is 0.107 e. The van der Waals surface area contributed by atoms with Crippen LogP contribution >= 0.6 is 0 Å². The Morgan fingerprint density at radius 3 is 2.32 bits per heavy atom. The zero-order chi connectivity index (χ0) is 14.9. The second kappa shape index (κ2) is 5.43. The fourth-order valence-corrected chi connectivity index (χ4v) is 3.50. The largest absolute Gasteiger partial charge is 0.372 e. The molecule has 0 N–H and O–H groups in total. The van der Waals surface area contributed by atoms with Gasteiger partial charge in [0.1, 0.15) is 6.10 Å². The number of hydrogen-bond acceptors (Lipinski definition) is 1. The molecule has 0 amide bonds. The smallest absolute Gasteiger partial charge is 0.107 e. The maximum absolute atomic E-state index is 5.85. The van der Waals surface area contributed by atoms with Gasteiger partial charge in [0, 0.05) is 7.11 Å². The van der Waals surface area contributed by atoms with Crippen molar-refractivity contribution in [1.29, 1.82) is 0 Å². The van der Waals surface area contributed by atoms with Gasteiger partial charge in [0.2, 0.25) is 0 Å². The van der Waals surface area contributed by atoms with Gasteiger partial charge in [-0.1, -0.05) is 72.8 Å². The van der Waals surface area contributed by atoms with Crippen molar-refractivity contribution in [2.24, 2.45) is 0 Å². The Bertz CT molecular complexity index is 805. The minimum Gasteiger partial charge on any atom is -0.372 e. The number of rotatable bonds is 3. The molecule has 0 aliphatic heterocycles. The molecule has 1 aliphatic rings. The van der Waals surface area contributed by atoms with Gasteiger partial charge < -0.3 is 4.74 Å². The first-order valence-electron chi connectivity index (χ1n) is 7.66. The number of methoxy groups -OCH3 is 1. The number of hydrogen-bond donors (Lipinski definition) is 0. The summed E-state index contributed by atoms with van der Waals surface area (Å²) in [6.07, 6.45) is 0.986. The van der Waals surface area contributed by atoms with Gasteiger partial charge in [-0.15, -0.1) is 0 Å². The lowest BCUT2D eigenvalue weighted by Gasteiger charge is -2.19. The van der Waals surface area contributed by atoms with Gasteiger partial charge in [0.15, 0.2) is 0 Å². The average molecular weight is 286 g/mol. The second-order valence-corrected chi connectivity index (χ2v) is 5.73. The molecule has 0 radical (unpaired) electrons. The third-order valence-corrected chi connectivity index (χ3v) is 4.51. The summed E-state index contributed by atoms with van der Waals surface area (Å²) in [6, 6.07) is 25.7. The third kappa shape index (κ3) is 2.06. The first kappa shape index (κ1) is 13.3. The van der Waals surface area contributed by atoms with E-state index in [-0.39, 0.29) is 6.10 Å². The summed E-state index contributed by atoms with van der Waals surface area (Å²) in [5.41, 5.74) is 8.01. The van der Waals surface area contributed by atoms with Gasteiger partial charge in [-0.3, -0.25) is 0 Å². The van der Waals surface area contributed by atoms with Gasteiger partial charge in [-0.2, -0.15) is 0 Å². The second-order valence-electron chi connectivity index (χ2n) is 5.73. The summed E-state index contributed by atoms with van der Waals surface area (Å²) in [5, 5.41) is 0. The molecule has 22 heavy (non-hydrogen) atoms. The Labute approximate surface area is 131 Å². The lowest BCUT2D eigenvalue weighted by molar-refractivity contribution is 0.136. The van der Waals surface area contributed by atoms with Gasteiger partial charge in [0.05, 0.1) is 0 Å². The summed E-state index contributed by atoms with van der Waals surface area (Å²) >= 11 is 0. The van der Waals surface area contributed by atoms with Crippen LogP contribution in [0, 0.1) is 0 Å². The molecule has 1 atom stereocenters. The van der Waals surface area contributed by atoms with Gasteiger partial charge in [-0.25, -0.2) is 0 Å². The molecular weight excluding hydrogens is 268 g/mol. The van der Waals surface area contributed by atoms with Crippen LogP contribution in [0.5, 0.6) is 0 Å². The Morgan fingerprint density at radius 2 is 1.50 bits per heavy atom. The molecule has 3 aromatic carbocycles. The topological polar surface area (TPSA) is 9.23 Å². The Morgan fingerprint density at radius 1 is 0.773 bits per heavy atom. The van der Waals surface area contributed by atoms with Crippen molar-refractivity contribution in [2.75, 3.05) is 7.11 Å². The van der Waals surface area contributed by atoms with E-state index in [1.165, 1.54) is 33.4 Å². The summed E-state index contributed by atoms with van der Waals surface area (Å²) in [6.45, 7) is 0. The normalized spacial score (nSPS) is 13.5. The van der Waals surface area contributed by atoms with E-state index >= 15 is 0 Å². The van der Waals surface area contributed by atoms with Gasteiger partial charge in [-0.05, 0) is 39.8 Å². The van der Waals surface area contributed by atoms with Crippen LogP contribution in [0.25, 0.3) is 11.1 Å². The van der Waals surface area contributed by atoms with Crippen molar-refractivity contribution in [2.45, 2.75) is 12.5 Å². The molecule has 3 aromatic rings. The molecule has 0 spiro atoms. The highest BCUT2D eigenvalue weighted by atomic mass is 16.5. The molecule has 1 unspecified atom stereocenters. The highest BCUT2D eigenvalue weighted by Crippen LogP contribution is 2.41. The molecule has 1 aliphatic carbocycles. The average Bonchev–Trinajstić information content (AvgIpc) is 2.96. The van der Waals surface area contributed by atoms with Crippen molar-refractivity contribution < 1.29 is 4.74 Å². The minimum absolute atomic E-state index is 0.00883. The molecular formula is C21H18O. The summed E-state index contributed by atoms with van der Waals surface area (Å²) < 4.78 is 5.85. The number of benzene rings is 3. The van der Waals surface area contributed by atoms with Crippen LogP contribution in [0.3, 0.4) is 0 Å². The molecule has 0 bridgehead atoms. The molecule has 0 fully saturated rings.